The SMILES string of the molecule is CCCCNc1ncc2c(-c3ccc(C)cc3)cn(C3CCCCC3)c2n1. The molecule has 0 bridgehead atoms. The van der Waals surface area contributed by atoms with Crippen LogP contribution in [-0.4, -0.2) is 21.1 Å². The summed E-state index contributed by atoms with van der Waals surface area (Å²) in [6.45, 7) is 5.26. The van der Waals surface area contributed by atoms with E-state index in [1.165, 1.54) is 55.2 Å². The van der Waals surface area contributed by atoms with Crippen molar-refractivity contribution in [3.8, 4) is 11.1 Å². The Balaban J connectivity index is 1.77. The standard InChI is InChI=1S/C23H30N4/c1-3-4-14-24-23-25-15-20-21(18-12-10-17(2)11-13-18)16-27(22(20)26-23)19-8-6-5-7-9-19/h10-13,15-16,19H,3-9,14H2,1-2H3,(H,24,25,26). The van der Waals surface area contributed by atoms with E-state index in [4.69, 9.17) is 4.98 Å². The zero-order valence-corrected chi connectivity index (χ0v) is 16.5. The third kappa shape index (κ3) is 3.85. The summed E-state index contributed by atoms with van der Waals surface area (Å²) in [6, 6.07) is 9.34. The van der Waals surface area contributed by atoms with Gasteiger partial charge < -0.3 is 9.88 Å². The van der Waals surface area contributed by atoms with Crippen LogP contribution < -0.4 is 5.32 Å². The minimum absolute atomic E-state index is 0.554. The van der Waals surface area contributed by atoms with Gasteiger partial charge in [0.25, 0.3) is 0 Å². The number of fused-ring (bicyclic) bond motifs is 1. The third-order valence-electron chi connectivity index (χ3n) is 5.72. The van der Waals surface area contributed by atoms with Gasteiger partial charge in [-0.3, -0.25) is 0 Å². The summed E-state index contributed by atoms with van der Waals surface area (Å²) in [6.07, 6.45) is 13.1. The van der Waals surface area contributed by atoms with Crippen LogP contribution in [0.15, 0.2) is 36.7 Å². The number of unbranched alkanes of at least 4 members (excludes halogenated alkanes) is 1. The molecule has 1 aliphatic carbocycles. The fourth-order valence-electron chi connectivity index (χ4n) is 4.09. The first-order chi connectivity index (χ1) is 13.3. The number of nitrogens with one attached hydrogen (secondary N) is 1. The van der Waals surface area contributed by atoms with Gasteiger partial charge >= 0.3 is 0 Å². The molecule has 1 saturated carbocycles. The highest BCUT2D eigenvalue weighted by Gasteiger charge is 2.21. The van der Waals surface area contributed by atoms with Crippen LogP contribution >= 0.6 is 0 Å². The number of nitrogens with zero attached hydrogens (tertiary/aromatic N) is 3. The highest BCUT2D eigenvalue weighted by Crippen LogP contribution is 2.36. The highest BCUT2D eigenvalue weighted by molar-refractivity contribution is 5.94. The molecule has 0 amide bonds. The van der Waals surface area contributed by atoms with Gasteiger partial charge in [-0.15, -0.1) is 0 Å². The monoisotopic (exact) mass is 362 g/mol. The van der Waals surface area contributed by atoms with Crippen molar-refractivity contribution in [2.75, 3.05) is 11.9 Å². The van der Waals surface area contributed by atoms with E-state index in [0.29, 0.717) is 6.04 Å². The maximum atomic E-state index is 4.93. The van der Waals surface area contributed by atoms with Gasteiger partial charge in [0.2, 0.25) is 5.95 Å². The van der Waals surface area contributed by atoms with Crippen LogP contribution in [0.4, 0.5) is 5.95 Å². The van der Waals surface area contributed by atoms with Crippen molar-refractivity contribution in [2.24, 2.45) is 0 Å². The first kappa shape index (κ1) is 18.0. The molecule has 142 valence electrons. The van der Waals surface area contributed by atoms with Gasteiger partial charge in [-0.1, -0.05) is 62.4 Å². The summed E-state index contributed by atoms with van der Waals surface area (Å²) < 4.78 is 2.43. The second-order valence-electron chi connectivity index (χ2n) is 7.82. The molecule has 3 aromatic rings. The number of anilines is 1. The summed E-state index contributed by atoms with van der Waals surface area (Å²) in [5.41, 5.74) is 4.85. The van der Waals surface area contributed by atoms with E-state index in [1.807, 2.05) is 6.20 Å². The van der Waals surface area contributed by atoms with Crippen LogP contribution in [0.1, 0.15) is 63.5 Å². The van der Waals surface area contributed by atoms with Crippen LogP contribution in [0.5, 0.6) is 0 Å². The summed E-state index contributed by atoms with van der Waals surface area (Å²) in [7, 11) is 0. The van der Waals surface area contributed by atoms with Crippen molar-refractivity contribution in [2.45, 2.75) is 64.8 Å². The van der Waals surface area contributed by atoms with Gasteiger partial charge in [0.15, 0.2) is 0 Å². The number of hydrogen-bond donors (Lipinski definition) is 1. The fraction of sp³-hybridized carbons (Fsp3) is 0.478. The molecule has 1 aromatic carbocycles. The highest BCUT2D eigenvalue weighted by atomic mass is 15.2. The molecule has 1 aliphatic rings. The second-order valence-corrected chi connectivity index (χ2v) is 7.82. The topological polar surface area (TPSA) is 42.7 Å². The van der Waals surface area contributed by atoms with Gasteiger partial charge in [0, 0.05) is 35.9 Å². The Bertz CT molecular complexity index is 889. The zero-order valence-electron chi connectivity index (χ0n) is 16.5. The van der Waals surface area contributed by atoms with E-state index in [1.54, 1.807) is 0 Å². The smallest absolute Gasteiger partial charge is 0.224 e. The number of benzene rings is 1. The maximum Gasteiger partial charge on any atom is 0.224 e. The molecule has 0 spiro atoms. The number of hydrogen-bond acceptors (Lipinski definition) is 3. The summed E-state index contributed by atoms with van der Waals surface area (Å²) >= 11 is 0. The quantitative estimate of drug-likeness (QED) is 0.537. The van der Waals surface area contributed by atoms with Crippen molar-refractivity contribution in [3.63, 3.8) is 0 Å². The van der Waals surface area contributed by atoms with Gasteiger partial charge in [0.05, 0.1) is 0 Å². The summed E-state index contributed by atoms with van der Waals surface area (Å²) in [4.78, 5) is 9.53. The average Bonchev–Trinajstić information content (AvgIpc) is 3.08. The Morgan fingerprint density at radius 3 is 2.63 bits per heavy atom. The van der Waals surface area contributed by atoms with Crippen LogP contribution in [0, 0.1) is 6.92 Å². The van der Waals surface area contributed by atoms with Crippen molar-refractivity contribution in [3.05, 3.63) is 42.2 Å². The van der Waals surface area contributed by atoms with Crippen molar-refractivity contribution in [1.82, 2.24) is 14.5 Å². The second kappa shape index (κ2) is 8.12. The number of aryl methyl sites for hydroxylation is 1. The minimum atomic E-state index is 0.554. The van der Waals surface area contributed by atoms with Crippen LogP contribution in [0.2, 0.25) is 0 Å². The Kier molecular flexibility index (Phi) is 5.42. The van der Waals surface area contributed by atoms with E-state index in [0.717, 1.165) is 29.9 Å². The Morgan fingerprint density at radius 2 is 1.89 bits per heavy atom. The average molecular weight is 363 g/mol. The number of rotatable bonds is 6. The molecule has 1 fully saturated rings. The lowest BCUT2D eigenvalue weighted by molar-refractivity contribution is 0.360. The molecule has 1 N–H and O–H groups in total. The predicted molar refractivity (Wildman–Crippen MR) is 113 cm³/mol. The first-order valence-corrected chi connectivity index (χ1v) is 10.4. The molecule has 4 nitrogen and oxygen atoms in total. The molecule has 0 radical (unpaired) electrons. The fourth-order valence-corrected chi connectivity index (χ4v) is 4.09. The van der Waals surface area contributed by atoms with Gasteiger partial charge in [-0.2, -0.15) is 4.98 Å². The number of aromatic nitrogens is 3. The van der Waals surface area contributed by atoms with E-state index < -0.39 is 0 Å². The largest absolute Gasteiger partial charge is 0.354 e. The van der Waals surface area contributed by atoms with Gasteiger partial charge in [-0.25, -0.2) is 4.98 Å². The Morgan fingerprint density at radius 1 is 1.11 bits per heavy atom. The van der Waals surface area contributed by atoms with Gasteiger partial charge in [0.1, 0.15) is 5.65 Å². The molecule has 0 saturated heterocycles. The Labute approximate surface area is 162 Å². The molecule has 4 rings (SSSR count). The molecule has 0 aliphatic heterocycles. The lowest BCUT2D eigenvalue weighted by Crippen LogP contribution is -2.13. The molecule has 2 heterocycles. The lowest BCUT2D eigenvalue weighted by atomic mass is 9.95. The molecule has 2 aromatic heterocycles. The lowest BCUT2D eigenvalue weighted by Gasteiger charge is -2.23. The van der Waals surface area contributed by atoms with Gasteiger partial charge in [-0.05, 0) is 31.7 Å². The molecular weight excluding hydrogens is 332 g/mol. The molecule has 27 heavy (non-hydrogen) atoms. The maximum absolute atomic E-state index is 4.93. The summed E-state index contributed by atoms with van der Waals surface area (Å²) in [5.74, 6) is 0.751. The Hall–Kier alpha value is -2.36. The third-order valence-corrected chi connectivity index (χ3v) is 5.72. The molecule has 0 atom stereocenters. The van der Waals surface area contributed by atoms with Crippen LogP contribution in [0.25, 0.3) is 22.2 Å². The van der Waals surface area contributed by atoms with E-state index in [9.17, 15) is 0 Å². The van der Waals surface area contributed by atoms with Crippen molar-refractivity contribution >= 4 is 17.0 Å². The molecule has 0 unspecified atom stereocenters. The van der Waals surface area contributed by atoms with E-state index in [2.05, 4.69) is 59.2 Å². The van der Waals surface area contributed by atoms with Crippen molar-refractivity contribution < 1.29 is 0 Å². The summed E-state index contributed by atoms with van der Waals surface area (Å²) in [5, 5.41) is 4.55. The van der Waals surface area contributed by atoms with Crippen LogP contribution in [-0.2, 0) is 0 Å². The predicted octanol–water partition coefficient (Wildman–Crippen LogP) is 6.12. The molecular formula is C23H30N4. The normalized spacial score (nSPS) is 15.3. The first-order valence-electron chi connectivity index (χ1n) is 10.4. The van der Waals surface area contributed by atoms with E-state index >= 15 is 0 Å². The zero-order chi connectivity index (χ0) is 18.6. The van der Waals surface area contributed by atoms with Crippen LogP contribution in [0.3, 0.4) is 0 Å². The van der Waals surface area contributed by atoms with E-state index in [-0.39, 0.29) is 0 Å². The minimum Gasteiger partial charge on any atom is -0.354 e. The molecule has 4 heteroatoms. The van der Waals surface area contributed by atoms with Crippen molar-refractivity contribution in [1.29, 1.82) is 0 Å².